The van der Waals surface area contributed by atoms with Crippen molar-refractivity contribution in [3.63, 3.8) is 0 Å². The molecule has 10 atom stereocenters. The minimum absolute atomic E-state index is 0.0608. The molecule has 3 aliphatic carbocycles. The fourth-order valence-electron chi connectivity index (χ4n) is 8.79. The third-order valence-corrected chi connectivity index (χ3v) is 10.6. The van der Waals surface area contributed by atoms with Gasteiger partial charge in [-0.2, -0.15) is 0 Å². The molecule has 12 nitrogen and oxygen atoms in total. The van der Waals surface area contributed by atoms with Crippen molar-refractivity contribution >= 4 is 29.5 Å². The molecule has 0 aromatic heterocycles. The van der Waals surface area contributed by atoms with Gasteiger partial charge in [-0.25, -0.2) is 14.4 Å². The molecule has 0 aromatic rings. The smallest absolute Gasteiger partial charge is 0.348 e. The molecule has 2 saturated carbocycles. The molecule has 12 heteroatoms. The van der Waals surface area contributed by atoms with E-state index in [1.165, 1.54) is 6.08 Å². The molecule has 2 heterocycles. The van der Waals surface area contributed by atoms with Crippen molar-refractivity contribution in [3.05, 3.63) is 23.0 Å². The van der Waals surface area contributed by atoms with Gasteiger partial charge in [0.25, 0.3) is 0 Å². The monoisotopic (exact) mass is 618 g/mol. The summed E-state index contributed by atoms with van der Waals surface area (Å²) in [5.74, 6) is -6.01. The van der Waals surface area contributed by atoms with Crippen LogP contribution in [0.3, 0.4) is 0 Å². The average molecular weight is 619 g/mol. The molecule has 2 saturated heterocycles. The molecule has 1 spiro atoms. The molecule has 2 aliphatic heterocycles. The van der Waals surface area contributed by atoms with Crippen molar-refractivity contribution in [1.82, 2.24) is 0 Å². The SMILES string of the molecule is COC(=O)[C@@]12OC[C@]34C([C@@H](O)[C@@H]1O)[C@@]1(C)CC(=O)C(OCC(=O)C(C)(C)C)=C(C)[C@@H]1C[C@H]3OC(=O)[C@H](OC(=O)C=C(C)C)[C@@H]24. The Morgan fingerprint density at radius 2 is 1.77 bits per heavy atom. The third kappa shape index (κ3) is 4.31. The first-order valence-electron chi connectivity index (χ1n) is 14.9. The Balaban J connectivity index is 1.64. The molecule has 1 unspecified atom stereocenters. The zero-order chi connectivity index (χ0) is 32.7. The summed E-state index contributed by atoms with van der Waals surface area (Å²) in [6, 6.07) is 0. The van der Waals surface area contributed by atoms with Crippen molar-refractivity contribution < 1.29 is 57.9 Å². The number of aliphatic hydroxyl groups is 2. The molecule has 0 amide bonds. The van der Waals surface area contributed by atoms with E-state index in [1.807, 2.05) is 6.92 Å². The first-order valence-corrected chi connectivity index (χ1v) is 14.9. The minimum Gasteiger partial charge on any atom is -0.482 e. The topological polar surface area (TPSA) is 172 Å². The van der Waals surface area contributed by atoms with Crippen LogP contribution < -0.4 is 0 Å². The number of fused-ring (bicyclic) bond motifs is 2. The number of rotatable bonds is 6. The summed E-state index contributed by atoms with van der Waals surface area (Å²) in [5.41, 5.74) is -4.14. The lowest BCUT2D eigenvalue weighted by Gasteiger charge is -2.67. The van der Waals surface area contributed by atoms with E-state index in [9.17, 15) is 34.2 Å². The number of Topliss-reactive ketones (excluding diaryl/α,β-unsaturated/α-hetero) is 2. The second kappa shape index (κ2) is 10.5. The van der Waals surface area contributed by atoms with Crippen LogP contribution in [0.15, 0.2) is 23.0 Å². The lowest BCUT2D eigenvalue weighted by Crippen LogP contribution is -2.79. The molecular weight excluding hydrogens is 576 g/mol. The van der Waals surface area contributed by atoms with E-state index in [1.54, 1.807) is 41.5 Å². The molecule has 242 valence electrons. The maximum absolute atomic E-state index is 13.7. The Morgan fingerprint density at radius 1 is 1.11 bits per heavy atom. The molecule has 5 rings (SSSR count). The standard InChI is InChI=1S/C32H42O12/c1-14(2)9-20(35)44-23-25-31-13-42-32(25,28(39)40-8)26(37)21(36)24(31)30(7)11-17(33)22(41-12-18(34)29(4,5)6)15(3)16(30)10-19(31)43-27(23)38/h9,16,19,21,23-26,36-37H,10-13H2,1-8H3/t16-,19+,21+,23+,24?,25+,26-,30-,31+,32-/m0/s1. The van der Waals surface area contributed by atoms with Gasteiger partial charge in [0.1, 0.15) is 18.8 Å². The summed E-state index contributed by atoms with van der Waals surface area (Å²) < 4.78 is 28.6. The quantitative estimate of drug-likeness (QED) is 0.251. The molecule has 5 aliphatic rings. The third-order valence-electron chi connectivity index (χ3n) is 10.6. The van der Waals surface area contributed by atoms with Gasteiger partial charge in [-0.3, -0.25) is 9.59 Å². The van der Waals surface area contributed by atoms with Gasteiger partial charge in [0, 0.05) is 29.2 Å². The fraction of sp³-hybridized carbons (Fsp3) is 0.719. The van der Waals surface area contributed by atoms with Gasteiger partial charge in [0.2, 0.25) is 11.7 Å². The van der Waals surface area contributed by atoms with Gasteiger partial charge >= 0.3 is 17.9 Å². The highest BCUT2D eigenvalue weighted by molar-refractivity contribution is 5.97. The largest absolute Gasteiger partial charge is 0.482 e. The van der Waals surface area contributed by atoms with Gasteiger partial charge in [-0.15, -0.1) is 0 Å². The summed E-state index contributed by atoms with van der Waals surface area (Å²) in [6.07, 6.45) is -4.88. The van der Waals surface area contributed by atoms with Crippen molar-refractivity contribution in [1.29, 1.82) is 0 Å². The van der Waals surface area contributed by atoms with Crippen molar-refractivity contribution in [2.24, 2.45) is 34.0 Å². The van der Waals surface area contributed by atoms with Crippen LogP contribution in [0, 0.1) is 34.0 Å². The van der Waals surface area contributed by atoms with Crippen molar-refractivity contribution in [3.8, 4) is 0 Å². The Morgan fingerprint density at radius 3 is 2.36 bits per heavy atom. The number of methoxy groups -OCH3 is 1. The highest BCUT2D eigenvalue weighted by atomic mass is 16.6. The fourth-order valence-corrected chi connectivity index (χ4v) is 8.79. The number of esters is 3. The van der Waals surface area contributed by atoms with E-state index >= 15 is 0 Å². The van der Waals surface area contributed by atoms with Gasteiger partial charge in [0.05, 0.1) is 25.7 Å². The maximum Gasteiger partial charge on any atom is 0.348 e. The first kappa shape index (κ1) is 32.3. The predicted octanol–water partition coefficient (Wildman–Crippen LogP) is 1.59. The van der Waals surface area contributed by atoms with Crippen LogP contribution in [0.4, 0.5) is 0 Å². The van der Waals surface area contributed by atoms with E-state index in [4.69, 9.17) is 23.7 Å². The number of hydrogen-bond acceptors (Lipinski definition) is 12. The van der Waals surface area contributed by atoms with Gasteiger partial charge in [0.15, 0.2) is 17.3 Å². The Labute approximate surface area is 256 Å². The van der Waals surface area contributed by atoms with E-state index in [0.29, 0.717) is 11.1 Å². The highest BCUT2D eigenvalue weighted by Crippen LogP contribution is 2.72. The van der Waals surface area contributed by atoms with Crippen LogP contribution in [0.2, 0.25) is 0 Å². The van der Waals surface area contributed by atoms with Crippen molar-refractivity contribution in [2.45, 2.75) is 91.3 Å². The van der Waals surface area contributed by atoms with Crippen LogP contribution in [-0.2, 0) is 47.7 Å². The normalized spacial score (nSPS) is 40.7. The lowest BCUT2D eigenvalue weighted by atomic mass is 9.38. The van der Waals surface area contributed by atoms with Gasteiger partial charge in [-0.05, 0) is 44.1 Å². The number of hydrogen-bond donors (Lipinski definition) is 2. The number of ether oxygens (including phenoxy) is 5. The zero-order valence-corrected chi connectivity index (χ0v) is 26.4. The summed E-state index contributed by atoms with van der Waals surface area (Å²) >= 11 is 0. The van der Waals surface area contributed by atoms with E-state index in [0.717, 1.165) is 7.11 Å². The second-order valence-electron chi connectivity index (χ2n) is 14.4. The maximum atomic E-state index is 13.7. The highest BCUT2D eigenvalue weighted by Gasteiger charge is 2.85. The zero-order valence-electron chi connectivity index (χ0n) is 26.4. The molecule has 0 aromatic carbocycles. The molecule has 2 N–H and O–H groups in total. The Hall–Kier alpha value is -3.09. The van der Waals surface area contributed by atoms with Crippen LogP contribution >= 0.6 is 0 Å². The van der Waals surface area contributed by atoms with Crippen LogP contribution in [0.5, 0.6) is 0 Å². The number of carbonyl (C=O) groups excluding carboxylic acids is 5. The number of allylic oxidation sites excluding steroid dienone is 3. The summed E-state index contributed by atoms with van der Waals surface area (Å²) in [5, 5.41) is 23.6. The predicted molar refractivity (Wildman–Crippen MR) is 150 cm³/mol. The molecule has 2 bridgehead atoms. The lowest BCUT2D eigenvalue weighted by molar-refractivity contribution is -0.290. The van der Waals surface area contributed by atoms with E-state index in [-0.39, 0.29) is 43.4 Å². The van der Waals surface area contributed by atoms with Gasteiger partial charge in [-0.1, -0.05) is 33.3 Å². The molecular formula is C32H42O12. The Bertz CT molecular complexity index is 1370. The molecule has 44 heavy (non-hydrogen) atoms. The van der Waals surface area contributed by atoms with Crippen molar-refractivity contribution in [2.75, 3.05) is 20.3 Å². The van der Waals surface area contributed by atoms with Gasteiger partial charge < -0.3 is 33.9 Å². The summed E-state index contributed by atoms with van der Waals surface area (Å²) in [6.45, 7) is 11.6. The summed E-state index contributed by atoms with van der Waals surface area (Å²) in [4.78, 5) is 66.3. The van der Waals surface area contributed by atoms with Crippen LogP contribution in [0.1, 0.15) is 61.3 Å². The summed E-state index contributed by atoms with van der Waals surface area (Å²) in [7, 11) is 1.09. The minimum atomic E-state index is -2.24. The number of ketones is 2. The van der Waals surface area contributed by atoms with Crippen LogP contribution in [0.25, 0.3) is 0 Å². The second-order valence-corrected chi connectivity index (χ2v) is 14.4. The molecule has 4 fully saturated rings. The Kier molecular flexibility index (Phi) is 7.70. The molecule has 0 radical (unpaired) electrons. The van der Waals surface area contributed by atoms with E-state index < -0.39 is 81.9 Å². The van der Waals surface area contributed by atoms with Crippen LogP contribution in [-0.4, -0.2) is 90.0 Å². The number of carbonyl (C=O) groups is 5. The first-order chi connectivity index (χ1) is 20.4. The number of aliphatic hydroxyl groups excluding tert-OH is 2. The van der Waals surface area contributed by atoms with E-state index in [2.05, 4.69) is 0 Å². The average Bonchev–Trinajstić information content (AvgIpc) is 3.22.